The minimum Gasteiger partial charge on any atom is -0.480 e. The molecule has 1 aromatic carbocycles. The molecule has 0 unspecified atom stereocenters. The van der Waals surface area contributed by atoms with Gasteiger partial charge in [0.05, 0.1) is 13.7 Å². The summed E-state index contributed by atoms with van der Waals surface area (Å²) in [6.07, 6.45) is 1.53. The van der Waals surface area contributed by atoms with E-state index >= 15 is 0 Å². The standard InChI is InChI=1S/C18H22N4O3/c1-24-16-7-8-17(21-20-16)25-15-10-12-22(13-15)18(23)19-11-9-14-5-3-2-4-6-14/h2-8,15H,9-13H2,1H3,(H,19,23)/t15-/m1/s1. The molecule has 1 aliphatic heterocycles. The van der Waals surface area contributed by atoms with Gasteiger partial charge >= 0.3 is 6.03 Å². The van der Waals surface area contributed by atoms with Crippen LogP contribution in [0.15, 0.2) is 42.5 Å². The summed E-state index contributed by atoms with van der Waals surface area (Å²) in [4.78, 5) is 14.0. The zero-order valence-electron chi connectivity index (χ0n) is 14.2. The molecule has 0 radical (unpaired) electrons. The van der Waals surface area contributed by atoms with Gasteiger partial charge in [-0.05, 0) is 12.0 Å². The molecular formula is C18H22N4O3. The summed E-state index contributed by atoms with van der Waals surface area (Å²) in [6.45, 7) is 1.84. The Hall–Kier alpha value is -2.83. The zero-order chi connectivity index (χ0) is 17.5. The number of methoxy groups -OCH3 is 1. The Labute approximate surface area is 147 Å². The Bertz CT molecular complexity index is 678. The van der Waals surface area contributed by atoms with Crippen LogP contribution < -0.4 is 14.8 Å². The molecule has 1 N–H and O–H groups in total. The van der Waals surface area contributed by atoms with E-state index in [9.17, 15) is 4.79 Å². The molecule has 0 bridgehead atoms. The highest BCUT2D eigenvalue weighted by molar-refractivity contribution is 5.74. The molecular weight excluding hydrogens is 320 g/mol. The summed E-state index contributed by atoms with van der Waals surface area (Å²) >= 11 is 0. The summed E-state index contributed by atoms with van der Waals surface area (Å²) in [5.74, 6) is 0.885. The summed E-state index contributed by atoms with van der Waals surface area (Å²) in [5.41, 5.74) is 1.21. The number of carbonyl (C=O) groups is 1. The number of nitrogens with one attached hydrogen (secondary N) is 1. The molecule has 2 amide bonds. The first-order chi connectivity index (χ1) is 12.2. The third-order valence-corrected chi connectivity index (χ3v) is 4.08. The molecule has 0 spiro atoms. The average molecular weight is 342 g/mol. The second-order valence-corrected chi connectivity index (χ2v) is 5.86. The van der Waals surface area contributed by atoms with Gasteiger partial charge < -0.3 is 19.7 Å². The number of carbonyl (C=O) groups excluding carboxylic acids is 1. The van der Waals surface area contributed by atoms with Crippen molar-refractivity contribution in [3.8, 4) is 11.8 Å². The highest BCUT2D eigenvalue weighted by Gasteiger charge is 2.27. The van der Waals surface area contributed by atoms with Crippen molar-refractivity contribution >= 4 is 6.03 Å². The van der Waals surface area contributed by atoms with Crippen molar-refractivity contribution in [3.63, 3.8) is 0 Å². The normalized spacial score (nSPS) is 16.5. The number of rotatable bonds is 6. The predicted molar refractivity (Wildman–Crippen MR) is 92.7 cm³/mol. The molecule has 1 saturated heterocycles. The summed E-state index contributed by atoms with van der Waals surface area (Å²) in [6, 6.07) is 13.5. The lowest BCUT2D eigenvalue weighted by molar-refractivity contribution is 0.182. The Morgan fingerprint density at radius 1 is 1.20 bits per heavy atom. The zero-order valence-corrected chi connectivity index (χ0v) is 14.2. The molecule has 7 heteroatoms. The predicted octanol–water partition coefficient (Wildman–Crippen LogP) is 1.89. The highest BCUT2D eigenvalue weighted by Crippen LogP contribution is 2.17. The fourth-order valence-corrected chi connectivity index (χ4v) is 2.73. The van der Waals surface area contributed by atoms with Crippen LogP contribution in [0, 0.1) is 0 Å². The lowest BCUT2D eigenvalue weighted by Crippen LogP contribution is -2.40. The second-order valence-electron chi connectivity index (χ2n) is 5.86. The summed E-state index contributed by atoms with van der Waals surface area (Å²) < 4.78 is 10.7. The maximum Gasteiger partial charge on any atom is 0.317 e. The quantitative estimate of drug-likeness (QED) is 0.867. The molecule has 1 fully saturated rings. The van der Waals surface area contributed by atoms with Crippen molar-refractivity contribution in [2.45, 2.75) is 18.9 Å². The first-order valence-electron chi connectivity index (χ1n) is 8.35. The van der Waals surface area contributed by atoms with Gasteiger partial charge in [-0.1, -0.05) is 30.3 Å². The van der Waals surface area contributed by atoms with Crippen LogP contribution in [-0.2, 0) is 6.42 Å². The van der Waals surface area contributed by atoms with E-state index in [1.54, 1.807) is 17.0 Å². The maximum absolute atomic E-state index is 12.2. The molecule has 2 heterocycles. The fourth-order valence-electron chi connectivity index (χ4n) is 2.73. The van der Waals surface area contributed by atoms with E-state index in [-0.39, 0.29) is 12.1 Å². The number of amides is 2. The van der Waals surface area contributed by atoms with Gasteiger partial charge in [0.2, 0.25) is 11.8 Å². The number of hydrogen-bond acceptors (Lipinski definition) is 5. The van der Waals surface area contributed by atoms with E-state index in [2.05, 4.69) is 27.6 Å². The van der Waals surface area contributed by atoms with Gasteiger partial charge in [0, 0.05) is 31.6 Å². The third kappa shape index (κ3) is 4.82. The number of ether oxygens (including phenoxy) is 2. The van der Waals surface area contributed by atoms with Crippen LogP contribution in [0.1, 0.15) is 12.0 Å². The van der Waals surface area contributed by atoms with E-state index in [1.165, 1.54) is 12.7 Å². The molecule has 132 valence electrons. The van der Waals surface area contributed by atoms with Gasteiger partial charge in [-0.15, -0.1) is 10.2 Å². The van der Waals surface area contributed by atoms with Crippen LogP contribution >= 0.6 is 0 Å². The van der Waals surface area contributed by atoms with Gasteiger partial charge in [0.1, 0.15) is 6.10 Å². The van der Waals surface area contributed by atoms with Gasteiger partial charge in [-0.3, -0.25) is 0 Å². The minimum absolute atomic E-state index is 0.0529. The van der Waals surface area contributed by atoms with Crippen LogP contribution in [0.5, 0.6) is 11.8 Å². The lowest BCUT2D eigenvalue weighted by Gasteiger charge is -2.17. The smallest absolute Gasteiger partial charge is 0.317 e. The average Bonchev–Trinajstić information content (AvgIpc) is 3.12. The number of likely N-dealkylation sites (tertiary alicyclic amines) is 1. The number of urea groups is 1. The van der Waals surface area contributed by atoms with Gasteiger partial charge in [-0.2, -0.15) is 0 Å². The van der Waals surface area contributed by atoms with E-state index < -0.39 is 0 Å². The third-order valence-electron chi connectivity index (χ3n) is 4.08. The van der Waals surface area contributed by atoms with Crippen LogP contribution in [0.2, 0.25) is 0 Å². The van der Waals surface area contributed by atoms with Crippen molar-refractivity contribution in [3.05, 3.63) is 48.0 Å². The second kappa shape index (κ2) is 8.32. The lowest BCUT2D eigenvalue weighted by atomic mass is 10.1. The molecule has 0 saturated carbocycles. The molecule has 3 rings (SSSR count). The van der Waals surface area contributed by atoms with Gasteiger partial charge in [0.25, 0.3) is 0 Å². The van der Waals surface area contributed by atoms with Crippen molar-refractivity contribution in [2.75, 3.05) is 26.7 Å². The largest absolute Gasteiger partial charge is 0.480 e. The summed E-state index contributed by atoms with van der Waals surface area (Å²) in [5, 5.41) is 10.8. The number of hydrogen-bond donors (Lipinski definition) is 1. The highest BCUT2D eigenvalue weighted by atomic mass is 16.5. The first-order valence-corrected chi connectivity index (χ1v) is 8.35. The molecule has 0 aliphatic carbocycles. The van der Waals surface area contributed by atoms with Crippen LogP contribution in [-0.4, -0.2) is 54.0 Å². The van der Waals surface area contributed by atoms with E-state index in [0.29, 0.717) is 31.4 Å². The van der Waals surface area contributed by atoms with E-state index in [1.807, 2.05) is 18.2 Å². The Morgan fingerprint density at radius 2 is 1.96 bits per heavy atom. The molecule has 2 aromatic rings. The Morgan fingerprint density at radius 3 is 2.68 bits per heavy atom. The van der Waals surface area contributed by atoms with E-state index in [0.717, 1.165) is 12.8 Å². The fraction of sp³-hybridized carbons (Fsp3) is 0.389. The topological polar surface area (TPSA) is 76.6 Å². The molecule has 1 aromatic heterocycles. The summed E-state index contributed by atoms with van der Waals surface area (Å²) in [7, 11) is 1.54. The van der Waals surface area contributed by atoms with Crippen LogP contribution in [0.25, 0.3) is 0 Å². The monoisotopic (exact) mass is 342 g/mol. The SMILES string of the molecule is COc1ccc(O[C@@H]2CCN(C(=O)NCCc3ccccc3)C2)nn1. The van der Waals surface area contributed by atoms with Crippen molar-refractivity contribution in [1.82, 2.24) is 20.4 Å². The molecule has 1 atom stereocenters. The van der Waals surface area contributed by atoms with Gasteiger partial charge in [0.15, 0.2) is 0 Å². The van der Waals surface area contributed by atoms with Crippen LogP contribution in [0.4, 0.5) is 4.79 Å². The molecule has 25 heavy (non-hydrogen) atoms. The maximum atomic E-state index is 12.2. The van der Waals surface area contributed by atoms with Crippen molar-refractivity contribution in [2.24, 2.45) is 0 Å². The van der Waals surface area contributed by atoms with Gasteiger partial charge in [-0.25, -0.2) is 4.79 Å². The minimum atomic E-state index is -0.0671. The number of benzene rings is 1. The number of nitrogens with zero attached hydrogens (tertiary/aromatic N) is 3. The van der Waals surface area contributed by atoms with Crippen molar-refractivity contribution in [1.29, 1.82) is 0 Å². The Balaban J connectivity index is 1.41. The van der Waals surface area contributed by atoms with E-state index in [4.69, 9.17) is 9.47 Å². The molecule has 1 aliphatic rings. The van der Waals surface area contributed by atoms with Crippen molar-refractivity contribution < 1.29 is 14.3 Å². The van der Waals surface area contributed by atoms with Crippen LogP contribution in [0.3, 0.4) is 0 Å². The Kier molecular flexibility index (Phi) is 5.66. The number of aromatic nitrogens is 2. The first kappa shape index (κ1) is 17.0. The molecule has 7 nitrogen and oxygen atoms in total.